The molecule has 5 heteroatoms. The fourth-order valence-corrected chi connectivity index (χ4v) is 2.23. The Morgan fingerprint density at radius 1 is 0.957 bits per heavy atom. The average molecular weight is 328 g/mol. The second kappa shape index (κ2) is 14.4. The minimum atomic E-state index is -1.17. The van der Waals surface area contributed by atoms with Crippen LogP contribution in [-0.4, -0.2) is 44.7 Å². The predicted octanol–water partition coefficient (Wildman–Crippen LogP) is 2.80. The maximum Gasteiger partial charge on any atom is 0.303 e. The largest absolute Gasteiger partial charge is 0.481 e. The molecule has 0 radical (unpaired) electrons. The second-order valence-corrected chi connectivity index (χ2v) is 5.79. The van der Waals surface area contributed by atoms with Crippen LogP contribution in [0.4, 0.5) is 0 Å². The minimum absolute atomic E-state index is 0.202. The van der Waals surface area contributed by atoms with Gasteiger partial charge in [-0.15, -0.1) is 0 Å². The maximum atomic E-state index is 10.3. The summed E-state index contributed by atoms with van der Waals surface area (Å²) in [5.74, 6) is -0.768. The van der Waals surface area contributed by atoms with Crippen LogP contribution in [0.15, 0.2) is 24.3 Å². The van der Waals surface area contributed by atoms with E-state index in [1.807, 2.05) is 19.1 Å². The topological polar surface area (TPSA) is 98.0 Å². The molecule has 134 valence electrons. The van der Waals surface area contributed by atoms with Gasteiger partial charge in [0.2, 0.25) is 0 Å². The Morgan fingerprint density at radius 2 is 1.61 bits per heavy atom. The van der Waals surface area contributed by atoms with Crippen LogP contribution in [-0.2, 0) is 4.79 Å². The molecule has 0 bridgehead atoms. The summed E-state index contributed by atoms with van der Waals surface area (Å²) in [7, 11) is 0. The smallest absolute Gasteiger partial charge is 0.303 e. The van der Waals surface area contributed by atoms with Crippen LogP contribution >= 0.6 is 0 Å². The molecule has 0 heterocycles. The van der Waals surface area contributed by atoms with Gasteiger partial charge in [-0.1, -0.05) is 56.9 Å². The normalized spacial score (nSPS) is 16.0. The highest BCUT2D eigenvalue weighted by Gasteiger charge is 2.21. The summed E-state index contributed by atoms with van der Waals surface area (Å²) >= 11 is 0. The van der Waals surface area contributed by atoms with Gasteiger partial charge in [0.05, 0.1) is 6.10 Å². The second-order valence-electron chi connectivity index (χ2n) is 5.79. The fourth-order valence-electron chi connectivity index (χ4n) is 2.23. The van der Waals surface area contributed by atoms with Crippen LogP contribution in [0.2, 0.25) is 0 Å². The first kappa shape index (κ1) is 21.8. The molecule has 0 aromatic carbocycles. The molecule has 0 aromatic rings. The quantitative estimate of drug-likeness (QED) is 0.290. The molecule has 0 aromatic heterocycles. The predicted molar refractivity (Wildman–Crippen MR) is 91.2 cm³/mol. The number of hydrogen-bond donors (Lipinski definition) is 4. The van der Waals surface area contributed by atoms with Crippen LogP contribution in [0.25, 0.3) is 0 Å². The summed E-state index contributed by atoms with van der Waals surface area (Å²) < 4.78 is 0. The molecule has 0 amide bonds. The summed E-state index contributed by atoms with van der Waals surface area (Å²) in [6.07, 6.45) is 10.5. The number of unbranched alkanes of at least 4 members (excludes halogenated alkanes) is 4. The van der Waals surface area contributed by atoms with E-state index in [0.29, 0.717) is 19.3 Å². The van der Waals surface area contributed by atoms with Gasteiger partial charge in [-0.2, -0.15) is 0 Å². The highest BCUT2D eigenvalue weighted by Crippen LogP contribution is 2.13. The van der Waals surface area contributed by atoms with Crippen molar-refractivity contribution < 1.29 is 25.2 Å². The van der Waals surface area contributed by atoms with E-state index in [9.17, 15) is 20.1 Å². The molecule has 0 aliphatic rings. The Bertz CT molecular complexity index is 351. The van der Waals surface area contributed by atoms with E-state index < -0.39 is 24.3 Å². The minimum Gasteiger partial charge on any atom is -0.481 e. The zero-order valence-corrected chi connectivity index (χ0v) is 14.1. The number of carboxylic acid groups (broad SMARTS) is 1. The molecule has 0 spiro atoms. The van der Waals surface area contributed by atoms with E-state index in [1.54, 1.807) is 6.08 Å². The Hall–Kier alpha value is -1.17. The summed E-state index contributed by atoms with van der Waals surface area (Å²) in [6, 6.07) is 0. The monoisotopic (exact) mass is 328 g/mol. The van der Waals surface area contributed by atoms with Crippen molar-refractivity contribution in [2.24, 2.45) is 0 Å². The van der Waals surface area contributed by atoms with Crippen LogP contribution in [0.5, 0.6) is 0 Å². The number of allylic oxidation sites excluding steroid dienone is 3. The molecule has 0 aliphatic carbocycles. The zero-order valence-electron chi connectivity index (χ0n) is 14.1. The lowest BCUT2D eigenvalue weighted by atomic mass is 10.0. The number of aliphatic hydroxyl groups excluding tert-OH is 3. The van der Waals surface area contributed by atoms with Crippen molar-refractivity contribution in [1.29, 1.82) is 0 Å². The van der Waals surface area contributed by atoms with Crippen molar-refractivity contribution in [3.05, 3.63) is 24.3 Å². The summed E-state index contributed by atoms with van der Waals surface area (Å²) in [5, 5.41) is 38.0. The van der Waals surface area contributed by atoms with Gasteiger partial charge in [0.1, 0.15) is 12.2 Å². The van der Waals surface area contributed by atoms with E-state index in [-0.39, 0.29) is 6.42 Å². The van der Waals surface area contributed by atoms with Crippen LogP contribution in [0.3, 0.4) is 0 Å². The third kappa shape index (κ3) is 13.0. The van der Waals surface area contributed by atoms with Gasteiger partial charge in [0, 0.05) is 6.42 Å². The molecule has 23 heavy (non-hydrogen) atoms. The Morgan fingerprint density at radius 3 is 2.26 bits per heavy atom. The van der Waals surface area contributed by atoms with E-state index in [4.69, 9.17) is 5.11 Å². The van der Waals surface area contributed by atoms with Gasteiger partial charge in [-0.25, -0.2) is 0 Å². The first-order valence-corrected chi connectivity index (χ1v) is 8.56. The van der Waals surface area contributed by atoms with Gasteiger partial charge in [-0.05, 0) is 25.7 Å². The Kier molecular flexibility index (Phi) is 13.7. The molecule has 0 saturated heterocycles. The van der Waals surface area contributed by atoms with E-state index in [0.717, 1.165) is 32.1 Å². The van der Waals surface area contributed by atoms with E-state index in [2.05, 4.69) is 0 Å². The number of aliphatic carboxylic acids is 1. The molecule has 3 atom stereocenters. The van der Waals surface area contributed by atoms with E-state index >= 15 is 0 Å². The van der Waals surface area contributed by atoms with Gasteiger partial charge in [-0.3, -0.25) is 4.79 Å². The number of hydrogen-bond acceptors (Lipinski definition) is 4. The lowest BCUT2D eigenvalue weighted by Gasteiger charge is -2.20. The zero-order chi connectivity index (χ0) is 17.5. The molecule has 4 N–H and O–H groups in total. The van der Waals surface area contributed by atoms with Gasteiger partial charge in [0.25, 0.3) is 0 Å². The third-order valence-electron chi connectivity index (χ3n) is 3.64. The Balaban J connectivity index is 3.77. The van der Waals surface area contributed by atoms with E-state index in [1.165, 1.54) is 6.08 Å². The van der Waals surface area contributed by atoms with Crippen molar-refractivity contribution in [1.82, 2.24) is 0 Å². The standard InChI is InChI=1S/C18H32O5/c1-2-3-4-6-9-12-15(19)18(23)16(20)13-10-7-5-8-11-14-17(21)22/h3-4,9,12,15-16,18-20,23H,2,5-8,10-11,13-14H2,1H3,(H,21,22)/b4-3-,12-9-. The molecular formula is C18H32O5. The van der Waals surface area contributed by atoms with Crippen molar-refractivity contribution >= 4 is 5.97 Å². The molecule has 0 fully saturated rings. The van der Waals surface area contributed by atoms with Crippen LogP contribution in [0, 0.1) is 0 Å². The molecule has 3 unspecified atom stereocenters. The van der Waals surface area contributed by atoms with Gasteiger partial charge >= 0.3 is 5.97 Å². The SMILES string of the molecule is CC/C=C\C/C=C\C(O)C(O)C(O)CCCCCCCC(=O)O. The van der Waals surface area contributed by atoms with Crippen molar-refractivity contribution in [3.63, 3.8) is 0 Å². The van der Waals surface area contributed by atoms with Crippen molar-refractivity contribution in [2.45, 2.75) is 83.0 Å². The van der Waals surface area contributed by atoms with Crippen LogP contribution < -0.4 is 0 Å². The van der Waals surface area contributed by atoms with Gasteiger partial charge < -0.3 is 20.4 Å². The lowest BCUT2D eigenvalue weighted by Crippen LogP contribution is -2.36. The first-order chi connectivity index (χ1) is 11.0. The van der Waals surface area contributed by atoms with Gasteiger partial charge in [0.15, 0.2) is 0 Å². The maximum absolute atomic E-state index is 10.3. The molecule has 0 aliphatic heterocycles. The number of rotatable bonds is 14. The highest BCUT2D eigenvalue weighted by molar-refractivity contribution is 5.66. The number of carbonyl (C=O) groups is 1. The molecule has 5 nitrogen and oxygen atoms in total. The third-order valence-corrected chi connectivity index (χ3v) is 3.64. The first-order valence-electron chi connectivity index (χ1n) is 8.56. The summed E-state index contributed by atoms with van der Waals surface area (Å²) in [4.78, 5) is 10.3. The molecule has 0 saturated carbocycles. The molecule has 0 rings (SSSR count). The average Bonchev–Trinajstić information content (AvgIpc) is 2.52. The number of aliphatic hydroxyl groups is 3. The molecular weight excluding hydrogens is 296 g/mol. The van der Waals surface area contributed by atoms with Crippen LogP contribution in [0.1, 0.15) is 64.7 Å². The number of carboxylic acids is 1. The fraction of sp³-hybridized carbons (Fsp3) is 0.722. The highest BCUT2D eigenvalue weighted by atomic mass is 16.4. The summed E-state index contributed by atoms with van der Waals surface area (Å²) in [6.45, 7) is 2.04. The summed E-state index contributed by atoms with van der Waals surface area (Å²) in [5.41, 5.74) is 0. The lowest BCUT2D eigenvalue weighted by molar-refractivity contribution is -0.137. The van der Waals surface area contributed by atoms with Crippen molar-refractivity contribution in [3.8, 4) is 0 Å². The Labute approximate surface area is 139 Å². The van der Waals surface area contributed by atoms with Crippen molar-refractivity contribution in [2.75, 3.05) is 0 Å².